The smallest absolute Gasteiger partial charge is 0.0227 e. The zero-order chi connectivity index (χ0) is 10.4. The number of hydrogen-bond donors (Lipinski definition) is 0. The normalized spacial score (nSPS) is 10.3. The summed E-state index contributed by atoms with van der Waals surface area (Å²) in [5.74, 6) is 5.21. The molecule has 0 fully saturated rings. The number of rotatable bonds is 0. The topological polar surface area (TPSA) is 0 Å². The van der Waals surface area contributed by atoms with Crippen molar-refractivity contribution >= 4 is 0 Å². The van der Waals surface area contributed by atoms with Crippen LogP contribution in [0.5, 0.6) is 0 Å². The maximum Gasteiger partial charge on any atom is 0.0227 e. The van der Waals surface area contributed by atoms with Crippen LogP contribution in [0.4, 0.5) is 0 Å². The zero-order valence-electron chi connectivity index (χ0n) is 9.15. The van der Waals surface area contributed by atoms with E-state index in [1.54, 1.807) is 0 Å². The molecule has 0 aromatic carbocycles. The van der Waals surface area contributed by atoms with Gasteiger partial charge in [0.25, 0.3) is 0 Å². The van der Waals surface area contributed by atoms with Crippen LogP contribution in [0.2, 0.25) is 0 Å². The van der Waals surface area contributed by atoms with Gasteiger partial charge in [0.2, 0.25) is 0 Å². The highest BCUT2D eigenvalue weighted by molar-refractivity contribution is 4.97. The molecule has 0 aliphatic rings. The molecule has 0 N–H and O–H groups in total. The van der Waals surface area contributed by atoms with Crippen LogP contribution in [0.15, 0.2) is 0 Å². The highest BCUT2D eigenvalue weighted by Gasteiger charge is 2.01. The predicted molar refractivity (Wildman–Crippen MR) is 56.6 cm³/mol. The number of terminal acetylenes is 2. The Morgan fingerprint density at radius 2 is 0.750 bits per heavy atom. The Morgan fingerprint density at radius 3 is 0.750 bits per heavy atom. The van der Waals surface area contributed by atoms with Gasteiger partial charge in [0.15, 0.2) is 0 Å². The quantitative estimate of drug-likeness (QED) is 0.482. The fraction of sp³-hybridized carbons (Fsp3) is 0.667. The van der Waals surface area contributed by atoms with Crippen molar-refractivity contribution in [3.8, 4) is 24.7 Å². The Balaban J connectivity index is 0. The standard InChI is InChI=1S/2C6H10/c2*1-5-6(2,3)4/h2*1H,2-4H3. The first-order valence-electron chi connectivity index (χ1n) is 4.08. The summed E-state index contributed by atoms with van der Waals surface area (Å²) in [6, 6.07) is 0. The average Bonchev–Trinajstić information content (AvgIpc) is 1.86. The number of hydrogen-bond acceptors (Lipinski definition) is 0. The molecule has 0 aliphatic heterocycles. The molecule has 0 saturated heterocycles. The molecule has 0 spiro atoms. The lowest BCUT2D eigenvalue weighted by Gasteiger charge is -2.04. The van der Waals surface area contributed by atoms with E-state index in [1.807, 2.05) is 41.5 Å². The van der Waals surface area contributed by atoms with Gasteiger partial charge in [-0.1, -0.05) is 0 Å². The van der Waals surface area contributed by atoms with Crippen LogP contribution in [0, 0.1) is 35.5 Å². The van der Waals surface area contributed by atoms with Crippen molar-refractivity contribution in [2.45, 2.75) is 41.5 Å². The molecule has 0 nitrogen and oxygen atoms in total. The van der Waals surface area contributed by atoms with Gasteiger partial charge >= 0.3 is 0 Å². The third kappa shape index (κ3) is 22.9. The monoisotopic (exact) mass is 164 g/mol. The fourth-order valence-corrected chi connectivity index (χ4v) is 0. The molecule has 0 aromatic rings. The van der Waals surface area contributed by atoms with Gasteiger partial charge in [-0.25, -0.2) is 0 Å². The van der Waals surface area contributed by atoms with Crippen LogP contribution >= 0.6 is 0 Å². The second-order valence-electron chi connectivity index (χ2n) is 4.79. The maximum absolute atomic E-state index is 5.06. The van der Waals surface area contributed by atoms with Gasteiger partial charge in [-0.15, -0.1) is 24.7 Å². The lowest BCUT2D eigenvalue weighted by atomic mass is 9.99. The average molecular weight is 164 g/mol. The summed E-state index contributed by atoms with van der Waals surface area (Å²) in [6.45, 7) is 12.0. The predicted octanol–water partition coefficient (Wildman–Crippen LogP) is 3.33. The molecule has 0 atom stereocenters. The van der Waals surface area contributed by atoms with Gasteiger partial charge in [-0.2, -0.15) is 0 Å². The molecule has 0 heterocycles. The van der Waals surface area contributed by atoms with Crippen LogP contribution in [0.1, 0.15) is 41.5 Å². The van der Waals surface area contributed by atoms with Crippen molar-refractivity contribution in [3.05, 3.63) is 0 Å². The lowest BCUT2D eigenvalue weighted by Crippen LogP contribution is -1.97. The highest BCUT2D eigenvalue weighted by Crippen LogP contribution is 2.08. The second-order valence-corrected chi connectivity index (χ2v) is 4.79. The minimum atomic E-state index is 0.0694. The van der Waals surface area contributed by atoms with E-state index in [0.29, 0.717) is 0 Å². The molecular formula is C12H20. The summed E-state index contributed by atoms with van der Waals surface area (Å²) in [4.78, 5) is 0. The third-order valence-corrected chi connectivity index (χ3v) is 0.866. The molecular weight excluding hydrogens is 144 g/mol. The molecule has 0 rings (SSSR count). The summed E-state index contributed by atoms with van der Waals surface area (Å²) in [5, 5.41) is 0. The van der Waals surface area contributed by atoms with E-state index in [9.17, 15) is 0 Å². The first-order chi connectivity index (χ1) is 5.12. The fourth-order valence-electron chi connectivity index (χ4n) is 0. The van der Waals surface area contributed by atoms with Crippen molar-refractivity contribution in [2.24, 2.45) is 10.8 Å². The van der Waals surface area contributed by atoms with Crippen molar-refractivity contribution in [1.82, 2.24) is 0 Å². The summed E-state index contributed by atoms with van der Waals surface area (Å²) < 4.78 is 0. The van der Waals surface area contributed by atoms with Crippen molar-refractivity contribution in [1.29, 1.82) is 0 Å². The first-order valence-corrected chi connectivity index (χ1v) is 4.08. The molecule has 0 unspecified atom stereocenters. The third-order valence-electron chi connectivity index (χ3n) is 0.866. The molecule has 0 aliphatic carbocycles. The Morgan fingerprint density at radius 1 is 0.667 bits per heavy atom. The van der Waals surface area contributed by atoms with E-state index < -0.39 is 0 Å². The molecule has 68 valence electrons. The Bertz CT molecular complexity index is 158. The molecule has 0 aromatic heterocycles. The summed E-state index contributed by atoms with van der Waals surface area (Å²) in [7, 11) is 0. The van der Waals surface area contributed by atoms with Gasteiger partial charge < -0.3 is 0 Å². The maximum atomic E-state index is 5.06. The molecule has 0 radical (unpaired) electrons. The Hall–Kier alpha value is -0.880. The van der Waals surface area contributed by atoms with Crippen LogP contribution in [0.3, 0.4) is 0 Å². The first kappa shape index (κ1) is 13.7. The summed E-state index contributed by atoms with van der Waals surface area (Å²) >= 11 is 0. The van der Waals surface area contributed by atoms with Crippen LogP contribution in [0.25, 0.3) is 0 Å². The minimum absolute atomic E-state index is 0.0694. The molecule has 0 bridgehead atoms. The van der Waals surface area contributed by atoms with Gasteiger partial charge in [0.05, 0.1) is 0 Å². The lowest BCUT2D eigenvalue weighted by molar-refractivity contribution is 0.571. The molecule has 12 heavy (non-hydrogen) atoms. The van der Waals surface area contributed by atoms with E-state index in [-0.39, 0.29) is 10.8 Å². The van der Waals surface area contributed by atoms with Crippen LogP contribution < -0.4 is 0 Å². The Kier molecular flexibility index (Phi) is 5.58. The zero-order valence-corrected chi connectivity index (χ0v) is 9.15. The van der Waals surface area contributed by atoms with Gasteiger partial charge in [-0.05, 0) is 41.5 Å². The second kappa shape index (κ2) is 4.89. The van der Waals surface area contributed by atoms with Gasteiger partial charge in [0, 0.05) is 10.8 Å². The minimum Gasteiger partial charge on any atom is -0.120 e. The van der Waals surface area contributed by atoms with Crippen molar-refractivity contribution in [2.75, 3.05) is 0 Å². The van der Waals surface area contributed by atoms with E-state index in [4.69, 9.17) is 12.8 Å². The van der Waals surface area contributed by atoms with Crippen LogP contribution in [-0.2, 0) is 0 Å². The van der Waals surface area contributed by atoms with E-state index >= 15 is 0 Å². The molecule has 0 heteroatoms. The van der Waals surface area contributed by atoms with E-state index in [0.717, 1.165) is 0 Å². The Labute approximate surface area is 77.8 Å². The SMILES string of the molecule is C#CC(C)(C)C.C#CC(C)(C)C. The summed E-state index contributed by atoms with van der Waals surface area (Å²) in [5.41, 5.74) is 0.139. The van der Waals surface area contributed by atoms with E-state index in [2.05, 4.69) is 11.8 Å². The van der Waals surface area contributed by atoms with Crippen LogP contribution in [-0.4, -0.2) is 0 Å². The largest absolute Gasteiger partial charge is 0.120 e. The van der Waals surface area contributed by atoms with Crippen molar-refractivity contribution < 1.29 is 0 Å². The van der Waals surface area contributed by atoms with Gasteiger partial charge in [0.1, 0.15) is 0 Å². The molecule has 0 saturated carbocycles. The molecule has 0 amide bonds. The van der Waals surface area contributed by atoms with E-state index in [1.165, 1.54) is 0 Å². The highest BCUT2D eigenvalue weighted by atomic mass is 14.0. The summed E-state index contributed by atoms with van der Waals surface area (Å²) in [6.07, 6.45) is 10.1. The van der Waals surface area contributed by atoms with Gasteiger partial charge in [-0.3, -0.25) is 0 Å². The van der Waals surface area contributed by atoms with Crippen molar-refractivity contribution in [3.63, 3.8) is 0 Å².